The van der Waals surface area contributed by atoms with E-state index < -0.39 is 21.5 Å². The molecule has 0 fully saturated rings. The fraction of sp³-hybridized carbons (Fsp3) is 0.400. The molecule has 2 rings (SSSR count). The van der Waals surface area contributed by atoms with Crippen molar-refractivity contribution in [3.8, 4) is 5.75 Å². The van der Waals surface area contributed by atoms with Crippen LogP contribution < -0.4 is 15.2 Å². The number of carbonyl (C=O) groups excluding carboxylic acids is 1. The number of carbonyl (C=O) groups is 1. The lowest BCUT2D eigenvalue weighted by atomic mass is 9.91. The van der Waals surface area contributed by atoms with Gasteiger partial charge < -0.3 is 15.6 Å². The second-order valence-electron chi connectivity index (χ2n) is 5.45. The molecule has 0 heterocycles. The monoisotopic (exact) mass is 340 g/mol. The van der Waals surface area contributed by atoms with Crippen LogP contribution in [0.1, 0.15) is 19.3 Å². The van der Waals surface area contributed by atoms with Crippen molar-refractivity contribution in [2.24, 2.45) is 5.73 Å². The number of rotatable bonds is 7. The molecular formula is C15H20N2O5S. The number of sulfonamides is 1. The average Bonchev–Trinajstić information content (AvgIpc) is 2.52. The van der Waals surface area contributed by atoms with Crippen LogP contribution in [0.4, 0.5) is 0 Å². The Morgan fingerprint density at radius 2 is 2.04 bits per heavy atom. The van der Waals surface area contributed by atoms with Crippen LogP contribution in [0, 0.1) is 0 Å². The van der Waals surface area contributed by atoms with Crippen LogP contribution in [0.25, 0.3) is 0 Å². The van der Waals surface area contributed by atoms with Crippen molar-refractivity contribution >= 4 is 15.9 Å². The molecule has 0 bridgehead atoms. The molecular weight excluding hydrogens is 320 g/mol. The average molecular weight is 340 g/mol. The van der Waals surface area contributed by atoms with Gasteiger partial charge in [-0.3, -0.25) is 4.79 Å². The topological polar surface area (TPSA) is 119 Å². The lowest BCUT2D eigenvalue weighted by Gasteiger charge is -2.27. The van der Waals surface area contributed by atoms with E-state index >= 15 is 0 Å². The molecule has 126 valence electrons. The summed E-state index contributed by atoms with van der Waals surface area (Å²) in [5.41, 5.74) is 3.82. The molecule has 0 spiro atoms. The maximum absolute atomic E-state index is 12.2. The van der Waals surface area contributed by atoms with Gasteiger partial charge in [0.2, 0.25) is 10.0 Å². The van der Waals surface area contributed by atoms with Gasteiger partial charge in [-0.2, -0.15) is 0 Å². The molecule has 0 aliphatic heterocycles. The fourth-order valence-corrected chi connectivity index (χ4v) is 3.33. The summed E-state index contributed by atoms with van der Waals surface area (Å²) in [4.78, 5) is 10.7. The van der Waals surface area contributed by atoms with E-state index in [4.69, 9.17) is 10.5 Å². The Morgan fingerprint density at radius 1 is 1.35 bits per heavy atom. The summed E-state index contributed by atoms with van der Waals surface area (Å²) in [6, 6.07) is 5.60. The first-order valence-electron chi connectivity index (χ1n) is 7.22. The molecule has 1 aliphatic rings. The summed E-state index contributed by atoms with van der Waals surface area (Å²) in [6.07, 6.45) is 5.72. The molecule has 8 heteroatoms. The Balaban J connectivity index is 2.00. The number of ether oxygens (including phenoxy) is 1. The van der Waals surface area contributed by atoms with E-state index in [2.05, 4.69) is 4.72 Å². The quantitative estimate of drug-likeness (QED) is 0.617. The van der Waals surface area contributed by atoms with Crippen LogP contribution in [0.15, 0.2) is 41.3 Å². The molecule has 1 atom stereocenters. The Kier molecular flexibility index (Phi) is 5.40. The summed E-state index contributed by atoms with van der Waals surface area (Å²) in [6.45, 7) is -0.352. The lowest BCUT2D eigenvalue weighted by Crippen LogP contribution is -2.42. The Bertz CT molecular complexity index is 684. The van der Waals surface area contributed by atoms with Crippen molar-refractivity contribution in [3.05, 3.63) is 36.4 Å². The highest BCUT2D eigenvalue weighted by Gasteiger charge is 2.27. The van der Waals surface area contributed by atoms with Crippen molar-refractivity contribution in [3.63, 3.8) is 0 Å². The third-order valence-electron chi connectivity index (χ3n) is 3.49. The van der Waals surface area contributed by atoms with E-state index in [0.29, 0.717) is 12.2 Å². The number of hydrogen-bond acceptors (Lipinski definition) is 5. The fourth-order valence-electron chi connectivity index (χ4n) is 2.23. The first kappa shape index (κ1) is 17.5. The minimum absolute atomic E-state index is 0.0484. The molecule has 1 unspecified atom stereocenters. The molecule has 0 aromatic heterocycles. The number of amides is 1. The minimum Gasteiger partial charge on any atom is -0.484 e. The number of benzene rings is 1. The van der Waals surface area contributed by atoms with E-state index in [1.165, 1.54) is 24.3 Å². The van der Waals surface area contributed by atoms with Crippen LogP contribution in [-0.4, -0.2) is 38.2 Å². The Morgan fingerprint density at radius 3 is 2.61 bits per heavy atom. The van der Waals surface area contributed by atoms with Crippen LogP contribution in [-0.2, 0) is 14.8 Å². The van der Waals surface area contributed by atoms with E-state index in [9.17, 15) is 18.3 Å². The minimum atomic E-state index is -3.74. The first-order valence-corrected chi connectivity index (χ1v) is 8.70. The Labute approximate surface area is 135 Å². The van der Waals surface area contributed by atoms with Gasteiger partial charge in [0.1, 0.15) is 5.75 Å². The van der Waals surface area contributed by atoms with Crippen LogP contribution >= 0.6 is 0 Å². The van der Waals surface area contributed by atoms with Crippen LogP contribution in [0.5, 0.6) is 5.75 Å². The highest BCUT2D eigenvalue weighted by molar-refractivity contribution is 7.89. The standard InChI is InChI=1S/C15H20N2O5S/c16-14(18)10-22-12-4-6-13(7-5-12)23(20,21)17-11-15(19)8-2-1-3-9-15/h2,4-8,17,19H,1,3,9-11H2,(H2,16,18). The van der Waals surface area contributed by atoms with Gasteiger partial charge >= 0.3 is 0 Å². The van der Waals surface area contributed by atoms with Crippen molar-refractivity contribution in [2.45, 2.75) is 29.8 Å². The van der Waals surface area contributed by atoms with Gasteiger partial charge in [0.25, 0.3) is 5.91 Å². The number of hydrogen-bond donors (Lipinski definition) is 3. The first-order chi connectivity index (χ1) is 10.8. The predicted molar refractivity (Wildman–Crippen MR) is 84.3 cm³/mol. The van der Waals surface area contributed by atoms with E-state index in [-0.39, 0.29) is 18.0 Å². The van der Waals surface area contributed by atoms with Gasteiger partial charge in [0, 0.05) is 6.54 Å². The summed E-state index contributed by atoms with van der Waals surface area (Å²) in [5, 5.41) is 10.3. The number of allylic oxidation sites excluding steroid dienone is 1. The van der Waals surface area contributed by atoms with Gasteiger partial charge in [-0.25, -0.2) is 13.1 Å². The smallest absolute Gasteiger partial charge is 0.255 e. The zero-order chi connectivity index (χ0) is 16.9. The van der Waals surface area contributed by atoms with E-state index in [1.54, 1.807) is 6.08 Å². The van der Waals surface area contributed by atoms with Crippen molar-refractivity contribution in [2.75, 3.05) is 13.2 Å². The molecule has 1 aromatic rings. The van der Waals surface area contributed by atoms with Crippen molar-refractivity contribution in [1.82, 2.24) is 4.72 Å². The van der Waals surface area contributed by atoms with Crippen molar-refractivity contribution < 1.29 is 23.1 Å². The number of primary amides is 1. The SMILES string of the molecule is NC(=O)COc1ccc(S(=O)(=O)NCC2(O)C=CCCC2)cc1. The zero-order valence-electron chi connectivity index (χ0n) is 12.6. The molecule has 0 saturated carbocycles. The van der Waals surface area contributed by atoms with Gasteiger partial charge in [-0.15, -0.1) is 0 Å². The summed E-state index contributed by atoms with van der Waals surface area (Å²) < 4.78 is 31.9. The second-order valence-corrected chi connectivity index (χ2v) is 7.22. The molecule has 1 aromatic carbocycles. The maximum atomic E-state index is 12.2. The van der Waals surface area contributed by atoms with Crippen LogP contribution in [0.3, 0.4) is 0 Å². The van der Waals surface area contributed by atoms with E-state index in [1.807, 2.05) is 6.08 Å². The third-order valence-corrected chi connectivity index (χ3v) is 4.91. The molecule has 23 heavy (non-hydrogen) atoms. The predicted octanol–water partition coefficient (Wildman–Crippen LogP) is 0.300. The maximum Gasteiger partial charge on any atom is 0.255 e. The van der Waals surface area contributed by atoms with Gasteiger partial charge in [0.15, 0.2) is 6.61 Å². The molecule has 4 N–H and O–H groups in total. The van der Waals surface area contributed by atoms with Gasteiger partial charge in [-0.1, -0.05) is 12.2 Å². The summed E-state index contributed by atoms with van der Waals surface area (Å²) >= 11 is 0. The molecule has 1 amide bonds. The van der Waals surface area contributed by atoms with Gasteiger partial charge in [0.05, 0.1) is 10.5 Å². The van der Waals surface area contributed by atoms with Gasteiger partial charge in [-0.05, 0) is 43.5 Å². The summed E-state index contributed by atoms with van der Waals surface area (Å²) in [5.74, 6) is -0.270. The highest BCUT2D eigenvalue weighted by Crippen LogP contribution is 2.22. The third kappa shape index (κ3) is 5.05. The largest absolute Gasteiger partial charge is 0.484 e. The normalized spacial score (nSPS) is 21.1. The molecule has 7 nitrogen and oxygen atoms in total. The number of aliphatic hydroxyl groups is 1. The molecule has 0 saturated heterocycles. The van der Waals surface area contributed by atoms with Crippen molar-refractivity contribution in [1.29, 1.82) is 0 Å². The number of nitrogens with two attached hydrogens (primary N) is 1. The molecule has 0 radical (unpaired) electrons. The van der Waals surface area contributed by atoms with Crippen LogP contribution in [0.2, 0.25) is 0 Å². The number of nitrogens with one attached hydrogen (secondary N) is 1. The summed E-state index contributed by atoms with van der Waals surface area (Å²) in [7, 11) is -3.74. The second kappa shape index (κ2) is 7.12. The zero-order valence-corrected chi connectivity index (χ0v) is 13.4. The molecule has 1 aliphatic carbocycles. The highest BCUT2D eigenvalue weighted by atomic mass is 32.2. The lowest BCUT2D eigenvalue weighted by molar-refractivity contribution is -0.119. The Hall–Kier alpha value is -1.90. The van der Waals surface area contributed by atoms with E-state index in [0.717, 1.165) is 12.8 Å².